The van der Waals surface area contributed by atoms with Gasteiger partial charge in [0, 0.05) is 26.2 Å². The van der Waals surface area contributed by atoms with Gasteiger partial charge in [0.15, 0.2) is 0 Å². The molecule has 0 radical (unpaired) electrons. The Morgan fingerprint density at radius 2 is 1.90 bits per heavy atom. The van der Waals surface area contributed by atoms with Crippen LogP contribution in [0, 0.1) is 5.92 Å². The van der Waals surface area contributed by atoms with Gasteiger partial charge in [-0.1, -0.05) is 26.0 Å². The van der Waals surface area contributed by atoms with E-state index in [9.17, 15) is 9.59 Å². The fourth-order valence-corrected chi connectivity index (χ4v) is 2.71. The Balaban J connectivity index is 0.00000420. The van der Waals surface area contributed by atoms with Gasteiger partial charge in [-0.15, -0.1) is 24.8 Å². The van der Waals surface area contributed by atoms with Gasteiger partial charge in [-0.3, -0.25) is 14.5 Å². The highest BCUT2D eigenvalue weighted by Gasteiger charge is 2.17. The molecule has 1 aliphatic heterocycles. The van der Waals surface area contributed by atoms with Crippen LogP contribution in [0.4, 0.5) is 0 Å². The van der Waals surface area contributed by atoms with Gasteiger partial charge in [-0.2, -0.15) is 0 Å². The van der Waals surface area contributed by atoms with Crippen LogP contribution in [0.1, 0.15) is 19.4 Å². The van der Waals surface area contributed by atoms with Crippen molar-refractivity contribution in [1.29, 1.82) is 0 Å². The lowest BCUT2D eigenvalue weighted by Gasteiger charge is -2.26. The van der Waals surface area contributed by atoms with Crippen molar-refractivity contribution in [2.45, 2.75) is 26.4 Å². The number of nitrogens with one attached hydrogen (secondary N) is 2. The highest BCUT2D eigenvalue weighted by molar-refractivity contribution is 5.87. The predicted octanol–water partition coefficient (Wildman–Crippen LogP) is 0.957. The van der Waals surface area contributed by atoms with Crippen molar-refractivity contribution in [3.05, 3.63) is 29.8 Å². The number of nitrogens with zero attached hydrogens (tertiary/aromatic N) is 1. The van der Waals surface area contributed by atoms with E-state index in [1.54, 1.807) is 0 Å². The fourth-order valence-electron chi connectivity index (χ4n) is 2.71. The van der Waals surface area contributed by atoms with E-state index in [-0.39, 0.29) is 49.1 Å². The number of carbonyl (C=O) groups is 2. The number of benzene rings is 1. The van der Waals surface area contributed by atoms with Gasteiger partial charge in [-0.05, 0) is 23.6 Å². The highest BCUT2D eigenvalue weighted by atomic mass is 35.5. The minimum Gasteiger partial charge on any atom is -0.492 e. The number of halogens is 2. The lowest BCUT2D eigenvalue weighted by Crippen LogP contribution is -2.47. The summed E-state index contributed by atoms with van der Waals surface area (Å²) in [5.41, 5.74) is 6.68. The molecular weight excluding hydrogens is 431 g/mol. The van der Waals surface area contributed by atoms with Crippen LogP contribution in [0.3, 0.4) is 0 Å². The Labute approximate surface area is 191 Å². The van der Waals surface area contributed by atoms with E-state index in [0.717, 1.165) is 44.2 Å². The van der Waals surface area contributed by atoms with Crippen LogP contribution in [0.15, 0.2) is 24.3 Å². The summed E-state index contributed by atoms with van der Waals surface area (Å²) >= 11 is 0. The van der Waals surface area contributed by atoms with E-state index in [0.29, 0.717) is 13.2 Å². The quantitative estimate of drug-likeness (QED) is 0.476. The molecule has 0 saturated carbocycles. The van der Waals surface area contributed by atoms with Crippen LogP contribution >= 0.6 is 24.8 Å². The van der Waals surface area contributed by atoms with Crippen molar-refractivity contribution in [1.82, 2.24) is 15.5 Å². The molecule has 1 aromatic rings. The minimum atomic E-state index is -0.612. The van der Waals surface area contributed by atoms with Gasteiger partial charge in [0.2, 0.25) is 11.8 Å². The zero-order valence-corrected chi connectivity index (χ0v) is 19.2. The molecule has 2 rings (SSSR count). The molecule has 0 unspecified atom stereocenters. The second-order valence-electron chi connectivity index (χ2n) is 7.21. The van der Waals surface area contributed by atoms with Crippen LogP contribution in [-0.4, -0.2) is 68.8 Å². The zero-order chi connectivity index (χ0) is 20.4. The topological polar surface area (TPSA) is 106 Å². The molecule has 0 bridgehead atoms. The van der Waals surface area contributed by atoms with Crippen molar-refractivity contribution in [3.63, 3.8) is 0 Å². The van der Waals surface area contributed by atoms with Crippen molar-refractivity contribution < 1.29 is 19.1 Å². The molecule has 0 aliphatic carbocycles. The maximum Gasteiger partial charge on any atom is 0.239 e. The first-order valence-corrected chi connectivity index (χ1v) is 9.77. The van der Waals surface area contributed by atoms with Crippen molar-refractivity contribution in [3.8, 4) is 5.75 Å². The van der Waals surface area contributed by atoms with E-state index in [1.165, 1.54) is 0 Å². The number of ether oxygens (including phenoxy) is 2. The Kier molecular flexibility index (Phi) is 14.5. The summed E-state index contributed by atoms with van der Waals surface area (Å²) in [6.07, 6.45) is 0. The average molecular weight is 465 g/mol. The van der Waals surface area contributed by atoms with Crippen LogP contribution in [0.2, 0.25) is 0 Å². The molecule has 1 heterocycles. The Morgan fingerprint density at radius 3 is 2.57 bits per heavy atom. The smallest absolute Gasteiger partial charge is 0.239 e. The number of hydrogen-bond acceptors (Lipinski definition) is 6. The largest absolute Gasteiger partial charge is 0.492 e. The number of rotatable bonds is 10. The predicted molar refractivity (Wildman–Crippen MR) is 121 cm³/mol. The summed E-state index contributed by atoms with van der Waals surface area (Å²) in [4.78, 5) is 26.0. The summed E-state index contributed by atoms with van der Waals surface area (Å²) in [5.74, 6) is 0.217. The maximum atomic E-state index is 11.9. The third-order valence-electron chi connectivity index (χ3n) is 4.61. The molecular formula is C20H34Cl2N4O4. The molecule has 10 heteroatoms. The van der Waals surface area contributed by atoms with E-state index < -0.39 is 6.04 Å². The molecule has 1 saturated heterocycles. The van der Waals surface area contributed by atoms with E-state index in [1.807, 2.05) is 38.1 Å². The van der Waals surface area contributed by atoms with E-state index in [4.69, 9.17) is 15.2 Å². The van der Waals surface area contributed by atoms with Gasteiger partial charge in [0.1, 0.15) is 12.4 Å². The van der Waals surface area contributed by atoms with Crippen LogP contribution in [0.5, 0.6) is 5.75 Å². The van der Waals surface area contributed by atoms with E-state index in [2.05, 4.69) is 15.5 Å². The van der Waals surface area contributed by atoms with Crippen molar-refractivity contribution >= 4 is 36.6 Å². The van der Waals surface area contributed by atoms with E-state index >= 15 is 0 Å². The lowest BCUT2D eigenvalue weighted by atomic mass is 10.1. The summed E-state index contributed by atoms with van der Waals surface area (Å²) in [6.45, 7) is 8.90. The number of hydrogen-bond donors (Lipinski definition) is 3. The molecule has 0 aromatic heterocycles. The number of amides is 2. The standard InChI is InChI=1S/C20H32N4O4.2ClH/c1-15(2)19(21)20(26)23-14-18(25)22-13-16-4-3-5-17(12-16)28-11-8-24-6-9-27-10-7-24;;/h3-5,12,15,19H,6-11,13-14,21H2,1-2H3,(H,22,25)(H,23,26);2*1H/t19-;;/m0../s1. The molecule has 1 fully saturated rings. The van der Waals surface area contributed by atoms with Crippen LogP contribution in [0.25, 0.3) is 0 Å². The summed E-state index contributed by atoms with van der Waals surface area (Å²) in [6, 6.07) is 7.02. The molecule has 2 amide bonds. The van der Waals surface area contributed by atoms with Crippen LogP contribution in [-0.2, 0) is 20.9 Å². The lowest BCUT2D eigenvalue weighted by molar-refractivity contribution is -0.127. The maximum absolute atomic E-state index is 11.9. The number of nitrogens with two attached hydrogens (primary N) is 1. The highest BCUT2D eigenvalue weighted by Crippen LogP contribution is 2.13. The summed E-state index contributed by atoms with van der Waals surface area (Å²) in [5, 5.41) is 5.34. The molecule has 172 valence electrons. The fraction of sp³-hybridized carbons (Fsp3) is 0.600. The Hall–Kier alpha value is -1.58. The Morgan fingerprint density at radius 1 is 1.20 bits per heavy atom. The molecule has 1 aromatic carbocycles. The normalized spacial score (nSPS) is 14.8. The molecule has 1 aliphatic rings. The average Bonchev–Trinajstić information content (AvgIpc) is 2.71. The summed E-state index contributed by atoms with van der Waals surface area (Å²) < 4.78 is 11.2. The third kappa shape index (κ3) is 10.4. The monoisotopic (exact) mass is 464 g/mol. The van der Waals surface area contributed by atoms with Gasteiger partial charge < -0.3 is 25.8 Å². The van der Waals surface area contributed by atoms with Crippen molar-refractivity contribution in [2.24, 2.45) is 11.7 Å². The minimum absolute atomic E-state index is 0. The molecule has 30 heavy (non-hydrogen) atoms. The summed E-state index contributed by atoms with van der Waals surface area (Å²) in [7, 11) is 0. The first-order chi connectivity index (χ1) is 13.5. The Bertz CT molecular complexity index is 643. The second kappa shape index (κ2) is 15.3. The molecule has 0 spiro atoms. The first kappa shape index (κ1) is 28.4. The van der Waals surface area contributed by atoms with Crippen molar-refractivity contribution in [2.75, 3.05) is 46.0 Å². The third-order valence-corrected chi connectivity index (χ3v) is 4.61. The van der Waals surface area contributed by atoms with Crippen LogP contribution < -0.4 is 21.1 Å². The number of carbonyl (C=O) groups excluding carboxylic acids is 2. The SMILES string of the molecule is CC(C)[C@H](N)C(=O)NCC(=O)NCc1cccc(OCCN2CCOCC2)c1.Cl.Cl. The molecule has 8 nitrogen and oxygen atoms in total. The molecule has 4 N–H and O–H groups in total. The van der Waals surface area contributed by atoms with Gasteiger partial charge in [0.25, 0.3) is 0 Å². The first-order valence-electron chi connectivity index (χ1n) is 9.77. The van der Waals surface area contributed by atoms with Gasteiger partial charge in [-0.25, -0.2) is 0 Å². The van der Waals surface area contributed by atoms with Gasteiger partial charge in [0.05, 0.1) is 25.8 Å². The van der Waals surface area contributed by atoms with Gasteiger partial charge >= 0.3 is 0 Å². The second-order valence-corrected chi connectivity index (χ2v) is 7.21. The zero-order valence-electron chi connectivity index (χ0n) is 17.6. The molecule has 1 atom stereocenters. The number of morpholine rings is 1.